The fourth-order valence-electron chi connectivity index (χ4n) is 2.32. The summed E-state index contributed by atoms with van der Waals surface area (Å²) in [6, 6.07) is 7.62. The van der Waals surface area contributed by atoms with Gasteiger partial charge < -0.3 is 15.4 Å². The van der Waals surface area contributed by atoms with Crippen molar-refractivity contribution in [3.8, 4) is 5.75 Å². The van der Waals surface area contributed by atoms with Crippen LogP contribution in [0.25, 0.3) is 0 Å². The summed E-state index contributed by atoms with van der Waals surface area (Å²) in [7, 11) is 1.81. The molecule has 0 aromatic heterocycles. The molecule has 0 bridgehead atoms. The zero-order chi connectivity index (χ0) is 13.8. The Labute approximate surface area is 113 Å². The van der Waals surface area contributed by atoms with Crippen LogP contribution in [0, 0.1) is 5.92 Å². The molecule has 1 aliphatic heterocycles. The first-order valence-corrected chi connectivity index (χ1v) is 6.61. The number of rotatable bonds is 4. The lowest BCUT2D eigenvalue weighted by atomic mass is 10.1. The molecule has 5 heteroatoms. The fourth-order valence-corrected chi connectivity index (χ4v) is 2.32. The molecule has 2 rings (SSSR count). The normalized spacial score (nSPS) is 19.7. The van der Waals surface area contributed by atoms with Crippen molar-refractivity contribution in [3.05, 3.63) is 24.3 Å². The fraction of sp³-hybridized carbons (Fsp3) is 0.500. The number of urea groups is 1. The van der Waals surface area contributed by atoms with Crippen LogP contribution >= 0.6 is 0 Å². The average Bonchev–Trinajstić information content (AvgIpc) is 2.43. The molecule has 5 nitrogen and oxygen atoms in total. The van der Waals surface area contributed by atoms with Crippen molar-refractivity contribution in [3.63, 3.8) is 0 Å². The summed E-state index contributed by atoms with van der Waals surface area (Å²) < 4.78 is 5.40. The Bertz CT molecular complexity index is 433. The van der Waals surface area contributed by atoms with Crippen LogP contribution in [0.15, 0.2) is 24.3 Å². The highest BCUT2D eigenvalue weighted by Crippen LogP contribution is 2.24. The molecular formula is C14H21N3O2. The quantitative estimate of drug-likeness (QED) is 0.896. The highest BCUT2D eigenvalue weighted by molar-refractivity contribution is 5.92. The van der Waals surface area contributed by atoms with Crippen molar-refractivity contribution in [2.75, 3.05) is 38.2 Å². The molecule has 0 aliphatic carbocycles. The van der Waals surface area contributed by atoms with Gasteiger partial charge in [-0.1, -0.05) is 0 Å². The second-order valence-corrected chi connectivity index (χ2v) is 4.80. The van der Waals surface area contributed by atoms with E-state index in [1.807, 2.05) is 38.2 Å². The van der Waals surface area contributed by atoms with Crippen molar-refractivity contribution >= 4 is 11.7 Å². The first-order chi connectivity index (χ1) is 9.15. The lowest BCUT2D eigenvalue weighted by molar-refractivity contribution is 0.194. The molecule has 19 heavy (non-hydrogen) atoms. The summed E-state index contributed by atoms with van der Waals surface area (Å²) in [5, 5.41) is 0. The van der Waals surface area contributed by atoms with Gasteiger partial charge in [-0.15, -0.1) is 0 Å². The molecule has 1 aromatic carbocycles. The van der Waals surface area contributed by atoms with Crippen molar-refractivity contribution in [2.45, 2.75) is 6.92 Å². The second kappa shape index (κ2) is 5.93. The number of carbonyl (C=O) groups excluding carboxylic acids is 1. The Hall–Kier alpha value is -1.75. The molecule has 1 fully saturated rings. The second-order valence-electron chi connectivity index (χ2n) is 4.80. The highest BCUT2D eigenvalue weighted by Gasteiger charge is 2.29. The van der Waals surface area contributed by atoms with E-state index in [1.54, 1.807) is 9.80 Å². The van der Waals surface area contributed by atoms with Crippen LogP contribution in [-0.4, -0.2) is 44.2 Å². The van der Waals surface area contributed by atoms with Gasteiger partial charge in [-0.05, 0) is 37.7 Å². The van der Waals surface area contributed by atoms with Crippen LogP contribution in [0.1, 0.15) is 6.92 Å². The first kappa shape index (κ1) is 13.7. The molecule has 1 aromatic rings. The van der Waals surface area contributed by atoms with Crippen LogP contribution in [0.5, 0.6) is 5.75 Å². The molecule has 2 N–H and O–H groups in total. The third-order valence-corrected chi connectivity index (χ3v) is 3.32. The average molecular weight is 263 g/mol. The van der Waals surface area contributed by atoms with Gasteiger partial charge in [0.1, 0.15) is 5.75 Å². The lowest BCUT2D eigenvalue weighted by Gasteiger charge is -2.38. The number of benzene rings is 1. The minimum Gasteiger partial charge on any atom is -0.494 e. The van der Waals surface area contributed by atoms with Crippen molar-refractivity contribution in [1.82, 2.24) is 4.90 Å². The molecule has 0 spiro atoms. The minimum absolute atomic E-state index is 0.0221. The summed E-state index contributed by atoms with van der Waals surface area (Å²) in [4.78, 5) is 15.7. The SMILES string of the molecule is CCOc1ccc(N2CC(CN)CN(C)C2=O)cc1. The van der Waals surface area contributed by atoms with Crippen molar-refractivity contribution < 1.29 is 9.53 Å². The van der Waals surface area contributed by atoms with Gasteiger partial charge in [-0.3, -0.25) is 4.90 Å². The number of anilines is 1. The maximum absolute atomic E-state index is 12.2. The Morgan fingerprint density at radius 3 is 2.58 bits per heavy atom. The predicted molar refractivity (Wildman–Crippen MR) is 75.5 cm³/mol. The topological polar surface area (TPSA) is 58.8 Å². The van der Waals surface area contributed by atoms with Crippen LogP contribution in [0.2, 0.25) is 0 Å². The minimum atomic E-state index is 0.0221. The van der Waals surface area contributed by atoms with E-state index in [2.05, 4.69) is 0 Å². The molecule has 1 saturated heterocycles. The Kier molecular flexibility index (Phi) is 4.27. The molecule has 1 atom stereocenters. The third-order valence-electron chi connectivity index (χ3n) is 3.32. The van der Waals surface area contributed by atoms with Crippen LogP contribution < -0.4 is 15.4 Å². The summed E-state index contributed by atoms with van der Waals surface area (Å²) >= 11 is 0. The van der Waals surface area contributed by atoms with E-state index in [0.717, 1.165) is 18.0 Å². The van der Waals surface area contributed by atoms with Gasteiger partial charge in [-0.25, -0.2) is 4.79 Å². The maximum Gasteiger partial charge on any atom is 0.324 e. The van der Waals surface area contributed by atoms with E-state index >= 15 is 0 Å². The molecule has 2 amide bonds. The molecule has 1 heterocycles. The van der Waals surface area contributed by atoms with Gasteiger partial charge in [0, 0.05) is 31.7 Å². The largest absolute Gasteiger partial charge is 0.494 e. The van der Waals surface area contributed by atoms with Crippen LogP contribution in [0.3, 0.4) is 0 Å². The zero-order valence-corrected chi connectivity index (χ0v) is 11.5. The molecule has 0 saturated carbocycles. The van der Waals surface area contributed by atoms with E-state index in [-0.39, 0.29) is 6.03 Å². The maximum atomic E-state index is 12.2. The highest BCUT2D eigenvalue weighted by atomic mass is 16.5. The van der Waals surface area contributed by atoms with Gasteiger partial charge in [0.15, 0.2) is 0 Å². The van der Waals surface area contributed by atoms with Gasteiger partial charge in [0.25, 0.3) is 0 Å². The number of hydrogen-bond acceptors (Lipinski definition) is 3. The summed E-state index contributed by atoms with van der Waals surface area (Å²) in [5.41, 5.74) is 6.62. The number of ether oxygens (including phenoxy) is 1. The number of nitrogens with two attached hydrogens (primary N) is 1. The Morgan fingerprint density at radius 2 is 2.00 bits per heavy atom. The van der Waals surface area contributed by atoms with E-state index in [0.29, 0.717) is 25.6 Å². The Morgan fingerprint density at radius 1 is 1.32 bits per heavy atom. The smallest absolute Gasteiger partial charge is 0.324 e. The van der Waals surface area contributed by atoms with Crippen molar-refractivity contribution in [1.29, 1.82) is 0 Å². The standard InChI is InChI=1S/C14H21N3O2/c1-3-19-13-6-4-12(5-7-13)17-10-11(8-15)9-16(2)14(17)18/h4-7,11H,3,8-10,15H2,1-2H3. The molecule has 104 valence electrons. The Balaban J connectivity index is 2.16. The lowest BCUT2D eigenvalue weighted by Crippen LogP contribution is -2.53. The van der Waals surface area contributed by atoms with E-state index < -0.39 is 0 Å². The molecular weight excluding hydrogens is 242 g/mol. The van der Waals surface area contributed by atoms with Crippen LogP contribution in [-0.2, 0) is 0 Å². The molecule has 1 aliphatic rings. The predicted octanol–water partition coefficient (Wildman–Crippen LogP) is 1.53. The van der Waals surface area contributed by atoms with E-state index in [9.17, 15) is 4.79 Å². The number of nitrogens with zero attached hydrogens (tertiary/aromatic N) is 2. The molecule has 1 unspecified atom stereocenters. The first-order valence-electron chi connectivity index (χ1n) is 6.61. The zero-order valence-electron chi connectivity index (χ0n) is 11.5. The van der Waals surface area contributed by atoms with Crippen LogP contribution in [0.4, 0.5) is 10.5 Å². The molecule has 0 radical (unpaired) electrons. The van der Waals surface area contributed by atoms with Gasteiger partial charge in [0.2, 0.25) is 0 Å². The number of carbonyl (C=O) groups is 1. The summed E-state index contributed by atoms with van der Waals surface area (Å²) in [6.45, 7) is 4.57. The van der Waals surface area contributed by atoms with E-state index in [4.69, 9.17) is 10.5 Å². The summed E-state index contributed by atoms with van der Waals surface area (Å²) in [5.74, 6) is 1.13. The number of hydrogen-bond donors (Lipinski definition) is 1. The van der Waals surface area contributed by atoms with Gasteiger partial charge >= 0.3 is 6.03 Å². The monoisotopic (exact) mass is 263 g/mol. The van der Waals surface area contributed by atoms with Gasteiger partial charge in [0.05, 0.1) is 6.61 Å². The van der Waals surface area contributed by atoms with Crippen molar-refractivity contribution in [2.24, 2.45) is 11.7 Å². The third kappa shape index (κ3) is 2.98. The number of amides is 2. The summed E-state index contributed by atoms with van der Waals surface area (Å²) in [6.07, 6.45) is 0. The van der Waals surface area contributed by atoms with E-state index in [1.165, 1.54) is 0 Å². The van der Waals surface area contributed by atoms with Gasteiger partial charge in [-0.2, -0.15) is 0 Å².